The number of benzene rings is 1. The van der Waals surface area contributed by atoms with Gasteiger partial charge in [0.1, 0.15) is 0 Å². The molecule has 0 unspecified atom stereocenters. The molecule has 1 aromatic rings. The summed E-state index contributed by atoms with van der Waals surface area (Å²) in [5.41, 5.74) is 0.523. The second kappa shape index (κ2) is 8.70. The molecule has 0 spiro atoms. The number of rotatable bonds is 4. The second-order valence-corrected chi connectivity index (χ2v) is 3.51. The van der Waals surface area contributed by atoms with Gasteiger partial charge in [-0.05, 0) is 26.6 Å². The van der Waals surface area contributed by atoms with Crippen LogP contribution in [0.25, 0.3) is 0 Å². The summed E-state index contributed by atoms with van der Waals surface area (Å²) in [6.07, 6.45) is 0. The van der Waals surface area contributed by atoms with Crippen LogP contribution in [0.4, 0.5) is 5.69 Å². The van der Waals surface area contributed by atoms with E-state index < -0.39 is 4.92 Å². The number of para-hydroxylation sites is 1. The molecule has 0 aliphatic carbocycles. The third kappa shape index (κ3) is 6.02. The summed E-state index contributed by atoms with van der Waals surface area (Å²) in [5.74, 6) is 0. The van der Waals surface area contributed by atoms with Crippen LogP contribution in [0.15, 0.2) is 24.3 Å². The maximum atomic E-state index is 10.2. The molecule has 0 saturated carbocycles. The quantitative estimate of drug-likeness (QED) is 0.597. The van der Waals surface area contributed by atoms with Crippen molar-refractivity contribution in [2.75, 3.05) is 19.6 Å². The van der Waals surface area contributed by atoms with E-state index in [0.717, 1.165) is 0 Å². The molecule has 1 rings (SSSR count). The Labute approximate surface area is 103 Å². The van der Waals surface area contributed by atoms with E-state index in [-0.39, 0.29) is 5.69 Å². The van der Waals surface area contributed by atoms with E-state index in [9.17, 15) is 10.1 Å². The topological polar surface area (TPSA) is 46.4 Å². The van der Waals surface area contributed by atoms with Crippen molar-refractivity contribution in [3.05, 3.63) is 46.9 Å². The van der Waals surface area contributed by atoms with Crippen LogP contribution in [0.2, 0.25) is 0 Å². The van der Waals surface area contributed by atoms with Crippen molar-refractivity contribution in [2.45, 2.75) is 20.8 Å². The highest BCUT2D eigenvalue weighted by Crippen LogP contribution is 2.14. The van der Waals surface area contributed by atoms with Crippen molar-refractivity contribution in [2.24, 2.45) is 0 Å². The van der Waals surface area contributed by atoms with Gasteiger partial charge in [-0.25, -0.2) is 0 Å². The molecule has 95 valence electrons. The molecule has 4 heteroatoms. The summed E-state index contributed by atoms with van der Waals surface area (Å²) in [4.78, 5) is 12.1. The summed E-state index contributed by atoms with van der Waals surface area (Å²) in [5, 5.41) is 10.2. The monoisotopic (exact) mass is 237 g/mol. The van der Waals surface area contributed by atoms with Crippen molar-refractivity contribution in [1.29, 1.82) is 0 Å². The molecule has 0 fully saturated rings. The standard InChI is InChI=1S/C7H6NO2.C6H15N/c1-6-4-2-3-5-7(6)8(9)10;1-4-7(5-2)6-3/h2-5H,1H2;4-6H2,1-3H3. The molecule has 0 aliphatic rings. The van der Waals surface area contributed by atoms with Crippen LogP contribution in [0.5, 0.6) is 0 Å². The highest BCUT2D eigenvalue weighted by atomic mass is 16.6. The van der Waals surface area contributed by atoms with Crippen molar-refractivity contribution < 1.29 is 4.92 Å². The first-order valence-electron chi connectivity index (χ1n) is 5.84. The average molecular weight is 237 g/mol. The molecule has 0 heterocycles. The maximum absolute atomic E-state index is 10.2. The van der Waals surface area contributed by atoms with Crippen molar-refractivity contribution >= 4 is 5.69 Å². The third-order valence-electron chi connectivity index (χ3n) is 2.53. The lowest BCUT2D eigenvalue weighted by Crippen LogP contribution is -2.21. The van der Waals surface area contributed by atoms with Gasteiger partial charge in [0.05, 0.1) is 4.92 Å². The van der Waals surface area contributed by atoms with Gasteiger partial charge in [0.15, 0.2) is 0 Å². The van der Waals surface area contributed by atoms with Crippen LogP contribution in [-0.2, 0) is 0 Å². The Kier molecular flexibility index (Phi) is 7.97. The largest absolute Gasteiger partial charge is 0.304 e. The zero-order chi connectivity index (χ0) is 13.3. The van der Waals surface area contributed by atoms with E-state index in [1.807, 2.05) is 0 Å². The molecule has 1 radical (unpaired) electrons. The molecule has 0 bridgehead atoms. The third-order valence-corrected chi connectivity index (χ3v) is 2.53. The van der Waals surface area contributed by atoms with Gasteiger partial charge in [-0.15, -0.1) is 0 Å². The van der Waals surface area contributed by atoms with Crippen molar-refractivity contribution in [3.63, 3.8) is 0 Å². The Morgan fingerprint density at radius 1 is 1.18 bits per heavy atom. The fraction of sp³-hybridized carbons (Fsp3) is 0.462. The Bertz CT molecular complexity index is 330. The highest BCUT2D eigenvalue weighted by molar-refractivity contribution is 5.41. The van der Waals surface area contributed by atoms with Crippen LogP contribution in [0, 0.1) is 17.0 Å². The van der Waals surface area contributed by atoms with Gasteiger partial charge in [-0.1, -0.05) is 39.0 Å². The van der Waals surface area contributed by atoms with Crippen LogP contribution in [0.1, 0.15) is 26.3 Å². The van der Waals surface area contributed by atoms with E-state index >= 15 is 0 Å². The number of hydrogen-bond donors (Lipinski definition) is 0. The lowest BCUT2D eigenvalue weighted by molar-refractivity contribution is -0.385. The van der Waals surface area contributed by atoms with Gasteiger partial charge in [-0.3, -0.25) is 10.1 Å². The second-order valence-electron chi connectivity index (χ2n) is 3.51. The van der Waals surface area contributed by atoms with E-state index in [4.69, 9.17) is 0 Å². The van der Waals surface area contributed by atoms with E-state index in [2.05, 4.69) is 32.6 Å². The molecule has 0 aromatic heterocycles. The SMILES string of the molecule is CCN(CC)CC.[CH2]c1ccccc1[N+](=O)[O-]. The fourth-order valence-corrected chi connectivity index (χ4v) is 1.36. The first-order chi connectivity index (χ1) is 8.06. The van der Waals surface area contributed by atoms with Crippen LogP contribution in [0.3, 0.4) is 0 Å². The van der Waals surface area contributed by atoms with Gasteiger partial charge in [0, 0.05) is 11.6 Å². The molecule has 0 atom stereocenters. The molecule has 0 amide bonds. The van der Waals surface area contributed by atoms with Crippen LogP contribution < -0.4 is 0 Å². The van der Waals surface area contributed by atoms with Gasteiger partial charge >= 0.3 is 0 Å². The zero-order valence-electron chi connectivity index (χ0n) is 10.8. The molecule has 0 aliphatic heterocycles. The van der Waals surface area contributed by atoms with Gasteiger partial charge in [0.2, 0.25) is 0 Å². The minimum absolute atomic E-state index is 0.0718. The number of nitro groups is 1. The molecular formula is C13H21N2O2. The summed E-state index contributed by atoms with van der Waals surface area (Å²) in [6.45, 7) is 13.6. The predicted molar refractivity (Wildman–Crippen MR) is 71.0 cm³/mol. The first kappa shape index (κ1) is 15.6. The van der Waals surface area contributed by atoms with E-state index in [1.165, 1.54) is 25.7 Å². The van der Waals surface area contributed by atoms with Crippen LogP contribution in [-0.4, -0.2) is 29.5 Å². The van der Waals surface area contributed by atoms with Crippen LogP contribution >= 0.6 is 0 Å². The summed E-state index contributed by atoms with van der Waals surface area (Å²) < 4.78 is 0. The molecule has 1 aromatic carbocycles. The van der Waals surface area contributed by atoms with E-state index in [1.54, 1.807) is 18.2 Å². The first-order valence-corrected chi connectivity index (χ1v) is 5.84. The Morgan fingerprint density at radius 3 is 1.88 bits per heavy atom. The average Bonchev–Trinajstić information content (AvgIpc) is 2.32. The predicted octanol–water partition coefficient (Wildman–Crippen LogP) is 3.13. The fourth-order valence-electron chi connectivity index (χ4n) is 1.36. The molecular weight excluding hydrogens is 216 g/mol. The number of nitro benzene ring substituents is 1. The van der Waals surface area contributed by atoms with Gasteiger partial charge < -0.3 is 4.90 Å². The number of nitrogens with zero attached hydrogens (tertiary/aromatic N) is 2. The minimum Gasteiger partial charge on any atom is -0.304 e. The summed E-state index contributed by atoms with van der Waals surface area (Å²) in [6, 6.07) is 6.38. The normalized spacial score (nSPS) is 9.71. The maximum Gasteiger partial charge on any atom is 0.272 e. The number of hydrogen-bond acceptors (Lipinski definition) is 3. The van der Waals surface area contributed by atoms with Crippen molar-refractivity contribution in [1.82, 2.24) is 4.90 Å². The lowest BCUT2D eigenvalue weighted by atomic mass is 10.2. The van der Waals surface area contributed by atoms with Gasteiger partial charge in [-0.2, -0.15) is 0 Å². The highest BCUT2D eigenvalue weighted by Gasteiger charge is 2.06. The Morgan fingerprint density at radius 2 is 1.65 bits per heavy atom. The smallest absolute Gasteiger partial charge is 0.272 e. The van der Waals surface area contributed by atoms with E-state index in [0.29, 0.717) is 5.56 Å². The molecule has 0 saturated heterocycles. The molecule has 4 nitrogen and oxygen atoms in total. The Hall–Kier alpha value is -1.42. The van der Waals surface area contributed by atoms with Gasteiger partial charge in [0.25, 0.3) is 5.69 Å². The Balaban J connectivity index is 0.000000325. The van der Waals surface area contributed by atoms with Crippen molar-refractivity contribution in [3.8, 4) is 0 Å². The summed E-state index contributed by atoms with van der Waals surface area (Å²) in [7, 11) is 0. The zero-order valence-corrected chi connectivity index (χ0v) is 10.8. The lowest BCUT2D eigenvalue weighted by Gasteiger charge is -2.13. The molecule has 0 N–H and O–H groups in total. The minimum atomic E-state index is -0.442. The molecule has 17 heavy (non-hydrogen) atoms. The summed E-state index contributed by atoms with van der Waals surface area (Å²) >= 11 is 0.